The van der Waals surface area contributed by atoms with Gasteiger partial charge in [-0.25, -0.2) is 0 Å². The second-order valence-electron chi connectivity index (χ2n) is 10.4. The van der Waals surface area contributed by atoms with Crippen molar-refractivity contribution < 1.29 is 0 Å². The number of aromatic nitrogens is 1. The van der Waals surface area contributed by atoms with Crippen LogP contribution in [-0.2, 0) is 0 Å². The number of para-hydroxylation sites is 2. The van der Waals surface area contributed by atoms with Gasteiger partial charge in [0.1, 0.15) is 0 Å². The Morgan fingerprint density at radius 2 is 1.79 bits per heavy atom. The molecule has 3 aromatic rings. The quantitative estimate of drug-likeness (QED) is 0.441. The zero-order valence-electron chi connectivity index (χ0n) is 19.9. The molecule has 1 aromatic heterocycles. The van der Waals surface area contributed by atoms with Crippen LogP contribution in [0.1, 0.15) is 37.9 Å². The van der Waals surface area contributed by atoms with Crippen LogP contribution in [0.5, 0.6) is 0 Å². The fraction of sp³-hybridized carbons (Fsp3) is 0.267. The van der Waals surface area contributed by atoms with E-state index in [-0.39, 0.29) is 0 Å². The Kier molecular flexibility index (Phi) is 3.90. The molecule has 0 saturated heterocycles. The van der Waals surface area contributed by atoms with Gasteiger partial charge in [-0.05, 0) is 72.6 Å². The zero-order chi connectivity index (χ0) is 22.4. The summed E-state index contributed by atoms with van der Waals surface area (Å²) in [5.41, 5.74) is 14.4. The molecule has 2 aromatic carbocycles. The van der Waals surface area contributed by atoms with Crippen molar-refractivity contribution in [3.05, 3.63) is 94.9 Å². The van der Waals surface area contributed by atoms with Crippen molar-refractivity contribution in [2.75, 3.05) is 4.90 Å². The first-order chi connectivity index (χ1) is 16.1. The van der Waals surface area contributed by atoms with Crippen molar-refractivity contribution in [3.8, 4) is 0 Å². The van der Waals surface area contributed by atoms with Crippen LogP contribution in [0.2, 0.25) is 0 Å². The molecule has 2 aliphatic heterocycles. The fourth-order valence-electron chi connectivity index (χ4n) is 6.77. The second-order valence-corrected chi connectivity index (χ2v) is 10.4. The van der Waals surface area contributed by atoms with E-state index in [1.165, 1.54) is 61.3 Å². The summed E-state index contributed by atoms with van der Waals surface area (Å²) in [6, 6.07) is 16.1. The first-order valence-electron chi connectivity index (χ1n) is 12.4. The number of benzene rings is 2. The van der Waals surface area contributed by atoms with E-state index in [9.17, 15) is 0 Å². The molecule has 0 radical (unpaired) electrons. The van der Waals surface area contributed by atoms with Gasteiger partial charge in [-0.2, -0.15) is 0 Å². The summed E-state index contributed by atoms with van der Waals surface area (Å²) in [5.74, 6) is 1.06. The molecule has 3 heteroatoms. The van der Waals surface area contributed by atoms with Gasteiger partial charge in [0.05, 0.1) is 0 Å². The molecule has 0 amide bonds. The summed E-state index contributed by atoms with van der Waals surface area (Å²) in [6.07, 6.45) is 11.6. The van der Waals surface area contributed by atoms with Crippen LogP contribution in [-0.4, -0.2) is 11.3 Å². The lowest BCUT2D eigenvalue weighted by molar-refractivity contribution is 0.679. The molecule has 162 valence electrons. The summed E-state index contributed by atoms with van der Waals surface area (Å²) < 4.78 is 2.62. The SMILES string of the molecule is Cc1c(C)n2c3c(cccc13)B1C3=C2C(C)CC=C3N(C2=CC=CC(C)C2)c2ccccc21. The lowest BCUT2D eigenvalue weighted by Gasteiger charge is -2.46. The van der Waals surface area contributed by atoms with Gasteiger partial charge in [0.25, 0.3) is 6.71 Å². The molecule has 33 heavy (non-hydrogen) atoms. The number of allylic oxidation sites excluding steroid dienone is 7. The van der Waals surface area contributed by atoms with Crippen molar-refractivity contribution >= 4 is 39.9 Å². The smallest absolute Gasteiger partial charge is 0.251 e. The van der Waals surface area contributed by atoms with E-state index in [1.807, 2.05) is 0 Å². The van der Waals surface area contributed by atoms with Gasteiger partial charge in [-0.3, -0.25) is 0 Å². The van der Waals surface area contributed by atoms with E-state index < -0.39 is 0 Å². The Balaban J connectivity index is 1.61. The minimum absolute atomic E-state index is 0.295. The largest absolute Gasteiger partial charge is 0.318 e. The molecule has 2 aliphatic carbocycles. The molecule has 2 nitrogen and oxygen atoms in total. The monoisotopic (exact) mass is 428 g/mol. The van der Waals surface area contributed by atoms with Crippen molar-refractivity contribution in [2.45, 2.75) is 40.5 Å². The molecule has 2 atom stereocenters. The lowest BCUT2D eigenvalue weighted by Crippen LogP contribution is -2.56. The standard InChI is InChI=1S/C30H29BN2/c1-18-9-7-10-22(17-18)33-26-14-6-5-12-24(26)31-25-13-8-11-23-20(3)21(4)32(30(23)25)29-19(2)15-16-27(33)28(29)31/h5-14,16,18-19H,15,17H2,1-4H3. The molecule has 2 unspecified atom stereocenters. The molecule has 4 aliphatic rings. The maximum absolute atomic E-state index is 2.62. The summed E-state index contributed by atoms with van der Waals surface area (Å²) in [5, 5.41) is 1.41. The van der Waals surface area contributed by atoms with Crippen LogP contribution in [0, 0.1) is 25.7 Å². The Labute approximate surface area is 196 Å². The number of hydrogen-bond acceptors (Lipinski definition) is 1. The third-order valence-electron chi connectivity index (χ3n) is 8.37. The molecule has 0 bridgehead atoms. The minimum Gasteiger partial charge on any atom is -0.318 e. The molecular weight excluding hydrogens is 399 g/mol. The van der Waals surface area contributed by atoms with Gasteiger partial charge in [0.2, 0.25) is 0 Å². The highest BCUT2D eigenvalue weighted by molar-refractivity contribution is 6.95. The fourth-order valence-corrected chi connectivity index (χ4v) is 6.77. The topological polar surface area (TPSA) is 8.17 Å². The van der Waals surface area contributed by atoms with E-state index >= 15 is 0 Å². The van der Waals surface area contributed by atoms with Gasteiger partial charge >= 0.3 is 0 Å². The molecule has 0 spiro atoms. The summed E-state index contributed by atoms with van der Waals surface area (Å²) in [7, 11) is 0. The Bertz CT molecular complexity index is 1480. The molecular formula is C30H29BN2. The first-order valence-corrected chi connectivity index (χ1v) is 12.4. The van der Waals surface area contributed by atoms with E-state index in [0.29, 0.717) is 18.5 Å². The highest BCUT2D eigenvalue weighted by atomic mass is 15.2. The minimum atomic E-state index is 0.295. The maximum Gasteiger partial charge on any atom is 0.251 e. The Hall–Kier alpha value is -3.20. The van der Waals surface area contributed by atoms with Crippen LogP contribution in [0.3, 0.4) is 0 Å². The van der Waals surface area contributed by atoms with Gasteiger partial charge in [-0.1, -0.05) is 68.5 Å². The predicted molar refractivity (Wildman–Crippen MR) is 141 cm³/mol. The van der Waals surface area contributed by atoms with Crippen LogP contribution in [0.4, 0.5) is 5.69 Å². The normalized spacial score (nSPS) is 22.9. The number of aryl methyl sites for hydroxylation is 1. The lowest BCUT2D eigenvalue weighted by atomic mass is 9.32. The second kappa shape index (κ2) is 6.66. The summed E-state index contributed by atoms with van der Waals surface area (Å²) in [4.78, 5) is 2.59. The van der Waals surface area contributed by atoms with E-state index in [0.717, 1.165) is 12.8 Å². The molecule has 0 N–H and O–H groups in total. The predicted octanol–water partition coefficient (Wildman–Crippen LogP) is 5.85. The zero-order valence-corrected chi connectivity index (χ0v) is 19.9. The van der Waals surface area contributed by atoms with Gasteiger partial charge < -0.3 is 9.47 Å². The van der Waals surface area contributed by atoms with Crippen molar-refractivity contribution in [1.29, 1.82) is 0 Å². The van der Waals surface area contributed by atoms with E-state index in [4.69, 9.17) is 0 Å². The number of fused-ring (bicyclic) bond motifs is 4. The van der Waals surface area contributed by atoms with Gasteiger partial charge in [-0.15, -0.1) is 0 Å². The first kappa shape index (κ1) is 19.3. The van der Waals surface area contributed by atoms with Gasteiger partial charge in [0, 0.05) is 39.4 Å². The van der Waals surface area contributed by atoms with Crippen LogP contribution in [0.15, 0.2) is 83.6 Å². The maximum atomic E-state index is 2.62. The van der Waals surface area contributed by atoms with Crippen molar-refractivity contribution in [3.63, 3.8) is 0 Å². The van der Waals surface area contributed by atoms with E-state index in [1.54, 1.807) is 0 Å². The van der Waals surface area contributed by atoms with Crippen LogP contribution in [0.25, 0.3) is 16.6 Å². The average molecular weight is 428 g/mol. The Morgan fingerprint density at radius 1 is 0.970 bits per heavy atom. The molecule has 7 rings (SSSR count). The average Bonchev–Trinajstić information content (AvgIpc) is 3.08. The van der Waals surface area contributed by atoms with Crippen LogP contribution >= 0.6 is 0 Å². The summed E-state index contributed by atoms with van der Waals surface area (Å²) >= 11 is 0. The molecule has 0 saturated carbocycles. The van der Waals surface area contributed by atoms with Crippen LogP contribution < -0.4 is 15.8 Å². The number of anilines is 1. The highest BCUT2D eigenvalue weighted by Gasteiger charge is 2.46. The number of nitrogens with zero attached hydrogens (tertiary/aromatic N) is 2. The Morgan fingerprint density at radius 3 is 2.64 bits per heavy atom. The van der Waals surface area contributed by atoms with Crippen molar-refractivity contribution in [1.82, 2.24) is 4.57 Å². The molecule has 3 heterocycles. The number of rotatable bonds is 1. The van der Waals surface area contributed by atoms with E-state index in [2.05, 4.69) is 104 Å². The van der Waals surface area contributed by atoms with Crippen molar-refractivity contribution in [2.24, 2.45) is 11.8 Å². The number of hydrogen-bond donors (Lipinski definition) is 0. The third kappa shape index (κ3) is 2.40. The highest BCUT2D eigenvalue weighted by Crippen LogP contribution is 2.47. The molecule has 0 fully saturated rings. The summed E-state index contributed by atoms with van der Waals surface area (Å²) in [6.45, 7) is 9.63. The van der Waals surface area contributed by atoms with Gasteiger partial charge in [0.15, 0.2) is 0 Å². The third-order valence-corrected chi connectivity index (χ3v) is 8.37.